The number of carbonyl (C=O) groups is 1. The van der Waals surface area contributed by atoms with Crippen molar-refractivity contribution in [2.45, 2.75) is 37.5 Å². The van der Waals surface area contributed by atoms with E-state index in [1.54, 1.807) is 18.1 Å². The molecule has 1 saturated heterocycles. The minimum Gasteiger partial charge on any atom is -0.373 e. The number of hydrogen-bond donors (Lipinski definition) is 2. The number of benzene rings is 1. The standard InChI is InChI=1S/C23H31N5O2/c1-27-13-14-30-20(22(27)17-7-4-3-5-8-17)16-28(2)23(29)26-19-11-12-21(24-15-19)25-18-9-6-10-18/h3-5,7-8,11-12,15,18,20,22H,6,9-10,13-14,16H2,1-2H3,(H,24,25)(H,26,29). The molecule has 2 fully saturated rings. The Kier molecular flexibility index (Phi) is 6.50. The zero-order valence-corrected chi connectivity index (χ0v) is 17.8. The van der Waals surface area contributed by atoms with Crippen LogP contribution in [0.5, 0.6) is 0 Å². The van der Waals surface area contributed by atoms with Crippen molar-refractivity contribution in [1.82, 2.24) is 14.8 Å². The number of amides is 2. The van der Waals surface area contributed by atoms with Gasteiger partial charge in [0.15, 0.2) is 0 Å². The van der Waals surface area contributed by atoms with Crippen LogP contribution in [0, 0.1) is 0 Å². The van der Waals surface area contributed by atoms with Crippen LogP contribution in [0.15, 0.2) is 48.7 Å². The largest absolute Gasteiger partial charge is 0.373 e. The monoisotopic (exact) mass is 409 g/mol. The third kappa shape index (κ3) is 4.91. The molecule has 7 heteroatoms. The zero-order chi connectivity index (χ0) is 20.9. The van der Waals surface area contributed by atoms with Crippen molar-refractivity contribution in [3.63, 3.8) is 0 Å². The molecule has 1 aromatic heterocycles. The van der Waals surface area contributed by atoms with E-state index < -0.39 is 0 Å². The topological polar surface area (TPSA) is 69.7 Å². The van der Waals surface area contributed by atoms with E-state index in [4.69, 9.17) is 4.74 Å². The number of nitrogens with one attached hydrogen (secondary N) is 2. The number of anilines is 2. The van der Waals surface area contributed by atoms with Crippen molar-refractivity contribution in [2.24, 2.45) is 0 Å². The zero-order valence-electron chi connectivity index (χ0n) is 17.8. The molecule has 1 saturated carbocycles. The van der Waals surface area contributed by atoms with E-state index in [9.17, 15) is 4.79 Å². The fraction of sp³-hybridized carbons (Fsp3) is 0.478. The Balaban J connectivity index is 1.35. The van der Waals surface area contributed by atoms with Crippen molar-refractivity contribution in [2.75, 3.05) is 44.4 Å². The minimum absolute atomic E-state index is 0.0888. The Morgan fingerprint density at radius 1 is 1.23 bits per heavy atom. The molecule has 2 amide bonds. The molecule has 0 spiro atoms. The quantitative estimate of drug-likeness (QED) is 0.763. The molecule has 2 aromatic rings. The number of pyridine rings is 1. The molecular formula is C23H31N5O2. The molecule has 160 valence electrons. The van der Waals surface area contributed by atoms with Crippen LogP contribution < -0.4 is 10.6 Å². The number of aromatic nitrogens is 1. The van der Waals surface area contributed by atoms with Gasteiger partial charge in [0.05, 0.1) is 37.2 Å². The van der Waals surface area contributed by atoms with E-state index in [2.05, 4.69) is 39.7 Å². The minimum atomic E-state index is -0.167. The summed E-state index contributed by atoms with van der Waals surface area (Å²) in [6.07, 6.45) is 5.30. The molecular weight excluding hydrogens is 378 g/mol. The molecule has 4 rings (SSSR count). The molecule has 1 aromatic carbocycles. The van der Waals surface area contributed by atoms with Crippen molar-refractivity contribution in [3.05, 3.63) is 54.2 Å². The lowest BCUT2D eigenvalue weighted by Gasteiger charge is -2.40. The predicted octanol–water partition coefficient (Wildman–Crippen LogP) is 3.58. The second-order valence-electron chi connectivity index (χ2n) is 8.26. The van der Waals surface area contributed by atoms with Gasteiger partial charge in [0, 0.05) is 19.6 Å². The second kappa shape index (κ2) is 9.45. The van der Waals surface area contributed by atoms with Gasteiger partial charge in [-0.25, -0.2) is 9.78 Å². The smallest absolute Gasteiger partial charge is 0.321 e. The maximum Gasteiger partial charge on any atom is 0.321 e. The summed E-state index contributed by atoms with van der Waals surface area (Å²) < 4.78 is 6.07. The molecule has 2 atom stereocenters. The fourth-order valence-electron chi connectivity index (χ4n) is 4.02. The van der Waals surface area contributed by atoms with Crippen LogP contribution in [0.25, 0.3) is 0 Å². The van der Waals surface area contributed by atoms with Crippen LogP contribution in [0.2, 0.25) is 0 Å². The predicted molar refractivity (Wildman–Crippen MR) is 119 cm³/mol. The van der Waals surface area contributed by atoms with E-state index >= 15 is 0 Å². The lowest BCUT2D eigenvalue weighted by Crippen LogP contribution is -2.49. The van der Waals surface area contributed by atoms with Crippen molar-refractivity contribution >= 4 is 17.5 Å². The first-order valence-electron chi connectivity index (χ1n) is 10.7. The highest BCUT2D eigenvalue weighted by atomic mass is 16.5. The highest BCUT2D eigenvalue weighted by Crippen LogP contribution is 2.29. The number of morpholine rings is 1. The lowest BCUT2D eigenvalue weighted by atomic mass is 9.93. The number of likely N-dealkylation sites (N-methyl/N-ethyl adjacent to an activating group) is 2. The number of hydrogen-bond acceptors (Lipinski definition) is 5. The average molecular weight is 410 g/mol. The van der Waals surface area contributed by atoms with Crippen LogP contribution in [0.1, 0.15) is 30.9 Å². The summed E-state index contributed by atoms with van der Waals surface area (Å²) in [5.74, 6) is 0.857. The average Bonchev–Trinajstić information content (AvgIpc) is 2.72. The van der Waals surface area contributed by atoms with Gasteiger partial charge in [0.2, 0.25) is 0 Å². The summed E-state index contributed by atoms with van der Waals surface area (Å²) in [6.45, 7) is 2.04. The molecule has 0 bridgehead atoms. The fourth-order valence-corrected chi connectivity index (χ4v) is 4.02. The summed E-state index contributed by atoms with van der Waals surface area (Å²) in [7, 11) is 3.91. The van der Waals surface area contributed by atoms with Gasteiger partial charge >= 0.3 is 6.03 Å². The van der Waals surface area contributed by atoms with Crippen LogP contribution in [-0.4, -0.2) is 66.8 Å². The summed E-state index contributed by atoms with van der Waals surface area (Å²) in [6, 6.07) is 14.6. The number of carbonyl (C=O) groups excluding carboxylic acids is 1. The van der Waals surface area contributed by atoms with Gasteiger partial charge in [-0.3, -0.25) is 4.90 Å². The molecule has 2 aliphatic rings. The number of urea groups is 1. The Morgan fingerprint density at radius 3 is 2.70 bits per heavy atom. The van der Waals surface area contributed by atoms with Gasteiger partial charge in [-0.1, -0.05) is 30.3 Å². The summed E-state index contributed by atoms with van der Waals surface area (Å²) in [5.41, 5.74) is 1.89. The third-order valence-corrected chi connectivity index (χ3v) is 6.02. The first-order chi connectivity index (χ1) is 14.6. The Morgan fingerprint density at radius 2 is 2.03 bits per heavy atom. The van der Waals surface area contributed by atoms with Crippen molar-refractivity contribution in [3.8, 4) is 0 Å². The van der Waals surface area contributed by atoms with Crippen LogP contribution in [0.4, 0.5) is 16.3 Å². The number of ether oxygens (including phenoxy) is 1. The van der Waals surface area contributed by atoms with Gasteiger partial charge in [0.25, 0.3) is 0 Å². The van der Waals surface area contributed by atoms with Crippen molar-refractivity contribution in [1.29, 1.82) is 0 Å². The highest BCUT2D eigenvalue weighted by Gasteiger charge is 2.33. The normalized spacial score (nSPS) is 22.2. The Bertz CT molecular complexity index is 825. The van der Waals surface area contributed by atoms with E-state index in [0.29, 0.717) is 24.9 Å². The van der Waals surface area contributed by atoms with Gasteiger partial charge in [-0.05, 0) is 44.0 Å². The first kappa shape index (κ1) is 20.6. The van der Waals surface area contributed by atoms with Gasteiger partial charge in [-0.2, -0.15) is 0 Å². The van der Waals surface area contributed by atoms with Crippen molar-refractivity contribution < 1.29 is 9.53 Å². The second-order valence-corrected chi connectivity index (χ2v) is 8.26. The van der Waals surface area contributed by atoms with Gasteiger partial charge < -0.3 is 20.3 Å². The van der Waals surface area contributed by atoms with Gasteiger partial charge in [-0.15, -0.1) is 0 Å². The van der Waals surface area contributed by atoms with Crippen LogP contribution in [0.3, 0.4) is 0 Å². The van der Waals surface area contributed by atoms with Gasteiger partial charge in [0.1, 0.15) is 5.82 Å². The molecule has 1 aliphatic heterocycles. The maximum absolute atomic E-state index is 12.7. The van der Waals surface area contributed by atoms with E-state index in [0.717, 1.165) is 12.4 Å². The van der Waals surface area contributed by atoms with E-state index in [1.807, 2.05) is 30.3 Å². The number of rotatable bonds is 6. The lowest BCUT2D eigenvalue weighted by molar-refractivity contribution is -0.0694. The molecule has 2 heterocycles. The molecule has 2 unspecified atom stereocenters. The molecule has 30 heavy (non-hydrogen) atoms. The van der Waals surface area contributed by atoms with E-state index in [-0.39, 0.29) is 18.2 Å². The molecule has 1 aliphatic carbocycles. The van der Waals surface area contributed by atoms with Crippen LogP contribution in [-0.2, 0) is 4.74 Å². The summed E-state index contributed by atoms with van der Waals surface area (Å²) in [5, 5.41) is 6.34. The highest BCUT2D eigenvalue weighted by molar-refractivity contribution is 5.89. The first-order valence-corrected chi connectivity index (χ1v) is 10.7. The Hall–Kier alpha value is -2.64. The summed E-state index contributed by atoms with van der Waals surface area (Å²) >= 11 is 0. The summed E-state index contributed by atoms with van der Waals surface area (Å²) in [4.78, 5) is 21.1. The molecule has 2 N–H and O–H groups in total. The molecule has 7 nitrogen and oxygen atoms in total. The third-order valence-electron chi connectivity index (χ3n) is 6.02. The Labute approximate surface area is 178 Å². The molecule has 0 radical (unpaired) electrons. The van der Waals surface area contributed by atoms with Crippen LogP contribution >= 0.6 is 0 Å². The number of nitrogens with zero attached hydrogens (tertiary/aromatic N) is 3. The maximum atomic E-state index is 12.7. The van der Waals surface area contributed by atoms with E-state index in [1.165, 1.54) is 24.8 Å². The SMILES string of the molecule is CN(CC1OCCN(C)C1c1ccccc1)C(=O)Nc1ccc(NC2CCC2)nc1.